The molecule has 1 aliphatic rings. The zero-order chi connectivity index (χ0) is 13.0. The highest BCUT2D eigenvalue weighted by Crippen LogP contribution is 2.05. The van der Waals surface area contributed by atoms with Crippen LogP contribution in [0.3, 0.4) is 0 Å². The average Bonchev–Trinajstić information content (AvgIpc) is 2.38. The fourth-order valence-electron chi connectivity index (χ4n) is 1.80. The van der Waals surface area contributed by atoms with Gasteiger partial charge in [-0.1, -0.05) is 5.16 Å². The molecule has 1 heterocycles. The molecular formula is C13H16FN2O2+. The van der Waals surface area contributed by atoms with Gasteiger partial charge in [0.25, 0.3) is 0 Å². The summed E-state index contributed by atoms with van der Waals surface area (Å²) >= 11 is 0. The quantitative estimate of drug-likeness (QED) is 0.619. The lowest BCUT2D eigenvalue weighted by Crippen LogP contribution is -3.10. The molecule has 1 aliphatic heterocycles. The summed E-state index contributed by atoms with van der Waals surface area (Å²) in [7, 11) is 2.13. The van der Waals surface area contributed by atoms with Crippen molar-refractivity contribution in [1.29, 1.82) is 0 Å². The molecule has 18 heavy (non-hydrogen) atoms. The van der Waals surface area contributed by atoms with Gasteiger partial charge >= 0.3 is 5.97 Å². The van der Waals surface area contributed by atoms with Crippen LogP contribution in [-0.4, -0.2) is 31.8 Å². The maximum absolute atomic E-state index is 12.7. The van der Waals surface area contributed by atoms with E-state index in [1.165, 1.54) is 29.2 Å². The number of oxime groups is 1. The molecule has 0 bridgehead atoms. The van der Waals surface area contributed by atoms with Crippen molar-refractivity contribution < 1.29 is 18.9 Å². The van der Waals surface area contributed by atoms with Crippen LogP contribution in [0.25, 0.3) is 0 Å². The fraction of sp³-hybridized carbons (Fsp3) is 0.385. The average molecular weight is 251 g/mol. The maximum atomic E-state index is 12.7. The summed E-state index contributed by atoms with van der Waals surface area (Å²) in [6, 6.07) is 5.22. The molecule has 1 N–H and O–H groups in total. The Balaban J connectivity index is 1.92. The smallest absolute Gasteiger partial charge is 0.337 e. The fourth-order valence-corrected chi connectivity index (χ4v) is 1.80. The Kier molecular flexibility index (Phi) is 4.04. The van der Waals surface area contributed by atoms with Gasteiger partial charge < -0.3 is 9.74 Å². The molecule has 0 spiro atoms. The summed E-state index contributed by atoms with van der Waals surface area (Å²) in [6.07, 6.45) is 1.70. The van der Waals surface area contributed by atoms with Crippen molar-refractivity contribution in [3.8, 4) is 0 Å². The van der Waals surface area contributed by atoms with E-state index in [0.717, 1.165) is 31.6 Å². The number of piperidine rings is 1. The van der Waals surface area contributed by atoms with E-state index in [1.807, 2.05) is 0 Å². The molecule has 5 heteroatoms. The Hall–Kier alpha value is -1.75. The van der Waals surface area contributed by atoms with Crippen LogP contribution < -0.4 is 4.90 Å². The second kappa shape index (κ2) is 5.73. The number of benzene rings is 1. The normalized spacial score (nSPS) is 19.4. The molecule has 1 saturated heterocycles. The van der Waals surface area contributed by atoms with E-state index in [-0.39, 0.29) is 5.82 Å². The highest BCUT2D eigenvalue weighted by Gasteiger charge is 2.15. The van der Waals surface area contributed by atoms with E-state index in [2.05, 4.69) is 12.2 Å². The third-order valence-electron chi connectivity index (χ3n) is 3.02. The van der Waals surface area contributed by atoms with Gasteiger partial charge in [0, 0.05) is 12.8 Å². The monoisotopic (exact) mass is 251 g/mol. The molecule has 1 aromatic carbocycles. The van der Waals surface area contributed by atoms with Gasteiger partial charge in [0.1, 0.15) is 5.82 Å². The molecule has 0 radical (unpaired) electrons. The number of hydrogen-bond donors (Lipinski definition) is 1. The summed E-state index contributed by atoms with van der Waals surface area (Å²) < 4.78 is 12.7. The van der Waals surface area contributed by atoms with Gasteiger partial charge in [-0.25, -0.2) is 9.18 Å². The first-order chi connectivity index (χ1) is 8.65. The minimum absolute atomic E-state index is 0.305. The van der Waals surface area contributed by atoms with Gasteiger partial charge in [-0.2, -0.15) is 0 Å². The molecule has 0 amide bonds. The van der Waals surface area contributed by atoms with Gasteiger partial charge in [-0.3, -0.25) is 0 Å². The van der Waals surface area contributed by atoms with Crippen LogP contribution in [-0.2, 0) is 4.84 Å². The van der Waals surface area contributed by atoms with Crippen molar-refractivity contribution >= 4 is 11.7 Å². The second-order valence-corrected chi connectivity index (χ2v) is 4.50. The Bertz CT molecular complexity index is 447. The number of hydrogen-bond acceptors (Lipinski definition) is 3. The number of carbonyl (C=O) groups is 1. The summed E-state index contributed by atoms with van der Waals surface area (Å²) in [5.74, 6) is -0.926. The molecular weight excluding hydrogens is 235 g/mol. The van der Waals surface area contributed by atoms with Gasteiger partial charge in [-0.15, -0.1) is 0 Å². The standard InChI is InChI=1S/C13H15FN2O2/c1-16-8-6-12(7-9-16)15-18-13(17)10-2-4-11(14)5-3-10/h2-5H,6-9H2,1H3/p+1. The largest absolute Gasteiger partial charge is 0.365 e. The molecule has 4 nitrogen and oxygen atoms in total. The lowest BCUT2D eigenvalue weighted by Gasteiger charge is -2.19. The van der Waals surface area contributed by atoms with Crippen molar-refractivity contribution in [3.63, 3.8) is 0 Å². The third kappa shape index (κ3) is 3.37. The molecule has 0 atom stereocenters. The van der Waals surface area contributed by atoms with Gasteiger partial charge in [0.2, 0.25) is 0 Å². The molecule has 1 aromatic rings. The summed E-state index contributed by atoms with van der Waals surface area (Å²) in [5, 5.41) is 3.88. The third-order valence-corrected chi connectivity index (χ3v) is 3.02. The van der Waals surface area contributed by atoms with E-state index in [1.54, 1.807) is 0 Å². The van der Waals surface area contributed by atoms with Crippen molar-refractivity contribution in [2.75, 3.05) is 20.1 Å². The van der Waals surface area contributed by atoms with Crippen LogP contribution in [0.15, 0.2) is 29.4 Å². The number of quaternary nitrogens is 1. The van der Waals surface area contributed by atoms with Crippen molar-refractivity contribution in [3.05, 3.63) is 35.6 Å². The zero-order valence-electron chi connectivity index (χ0n) is 10.3. The van der Waals surface area contributed by atoms with E-state index in [0.29, 0.717) is 5.56 Å². The first-order valence-corrected chi connectivity index (χ1v) is 5.99. The van der Waals surface area contributed by atoms with Crippen molar-refractivity contribution in [2.24, 2.45) is 5.16 Å². The Morgan fingerprint density at radius 2 is 1.89 bits per heavy atom. The SMILES string of the molecule is C[NH+]1CCC(=NOC(=O)c2ccc(F)cc2)CC1. The Labute approximate surface area is 105 Å². The molecule has 0 aliphatic carbocycles. The van der Waals surface area contributed by atoms with E-state index in [4.69, 9.17) is 4.84 Å². The van der Waals surface area contributed by atoms with Crippen LogP contribution >= 0.6 is 0 Å². The van der Waals surface area contributed by atoms with Crippen LogP contribution in [0, 0.1) is 5.82 Å². The minimum atomic E-state index is -0.547. The molecule has 0 unspecified atom stereocenters. The summed E-state index contributed by atoms with van der Waals surface area (Å²) in [4.78, 5) is 17.9. The number of nitrogens with one attached hydrogen (secondary N) is 1. The van der Waals surface area contributed by atoms with Crippen molar-refractivity contribution in [1.82, 2.24) is 0 Å². The first kappa shape index (κ1) is 12.7. The molecule has 2 rings (SSSR count). The minimum Gasteiger partial charge on any atom is -0.337 e. The number of likely N-dealkylation sites (tertiary alicyclic amines) is 1. The first-order valence-electron chi connectivity index (χ1n) is 5.99. The van der Waals surface area contributed by atoms with E-state index < -0.39 is 5.97 Å². The molecule has 96 valence electrons. The summed E-state index contributed by atoms with van der Waals surface area (Å²) in [5.41, 5.74) is 1.22. The zero-order valence-corrected chi connectivity index (χ0v) is 10.3. The Morgan fingerprint density at radius 1 is 1.28 bits per heavy atom. The number of rotatable bonds is 2. The van der Waals surface area contributed by atoms with Crippen LogP contribution in [0.1, 0.15) is 23.2 Å². The van der Waals surface area contributed by atoms with E-state index >= 15 is 0 Å². The van der Waals surface area contributed by atoms with Gasteiger partial charge in [-0.05, 0) is 24.3 Å². The summed E-state index contributed by atoms with van der Waals surface area (Å²) in [6.45, 7) is 2.01. The molecule has 0 aromatic heterocycles. The van der Waals surface area contributed by atoms with Crippen molar-refractivity contribution in [2.45, 2.75) is 12.8 Å². The van der Waals surface area contributed by atoms with Crippen LogP contribution in [0.4, 0.5) is 4.39 Å². The highest BCUT2D eigenvalue weighted by atomic mass is 19.1. The lowest BCUT2D eigenvalue weighted by atomic mass is 10.1. The number of carbonyl (C=O) groups excluding carboxylic acids is 1. The van der Waals surface area contributed by atoms with Gasteiger partial charge in [0.15, 0.2) is 0 Å². The van der Waals surface area contributed by atoms with Crippen LogP contribution in [0.2, 0.25) is 0 Å². The lowest BCUT2D eigenvalue weighted by molar-refractivity contribution is -0.880. The number of halogens is 1. The van der Waals surface area contributed by atoms with Gasteiger partial charge in [0.05, 0.1) is 31.4 Å². The number of nitrogens with zero attached hydrogens (tertiary/aromatic N) is 1. The predicted octanol–water partition coefficient (Wildman–Crippen LogP) is 0.647. The Morgan fingerprint density at radius 3 is 2.50 bits per heavy atom. The highest BCUT2D eigenvalue weighted by molar-refractivity contribution is 5.90. The van der Waals surface area contributed by atoms with E-state index in [9.17, 15) is 9.18 Å². The molecule has 0 saturated carbocycles. The second-order valence-electron chi connectivity index (χ2n) is 4.50. The maximum Gasteiger partial charge on any atom is 0.365 e. The molecule has 1 fully saturated rings. The van der Waals surface area contributed by atoms with Crippen LogP contribution in [0.5, 0.6) is 0 Å². The topological polar surface area (TPSA) is 43.1 Å². The predicted molar refractivity (Wildman–Crippen MR) is 65.1 cm³/mol.